The lowest BCUT2D eigenvalue weighted by Gasteiger charge is -2.28. The topological polar surface area (TPSA) is 97.4 Å². The van der Waals surface area contributed by atoms with E-state index >= 15 is 0 Å². The van der Waals surface area contributed by atoms with Crippen LogP contribution in [-0.4, -0.2) is 16.0 Å². The van der Waals surface area contributed by atoms with Gasteiger partial charge >= 0.3 is 0 Å². The lowest BCUT2D eigenvalue weighted by Crippen LogP contribution is -2.32. The van der Waals surface area contributed by atoms with Crippen LogP contribution < -0.4 is 10.6 Å². The minimum absolute atomic E-state index is 0.0202. The third-order valence-electron chi connectivity index (χ3n) is 4.47. The maximum atomic E-state index is 9.35. The molecule has 3 rings (SSSR count). The molecule has 0 spiro atoms. The average molecular weight is 332 g/mol. The Morgan fingerprint density at radius 3 is 2.84 bits per heavy atom. The Balaban J connectivity index is 1.78. The first kappa shape index (κ1) is 16.7. The van der Waals surface area contributed by atoms with Crippen LogP contribution in [0, 0.1) is 35.5 Å². The second kappa shape index (κ2) is 7.63. The molecule has 2 atom stereocenters. The van der Waals surface area contributed by atoms with Crippen molar-refractivity contribution in [1.29, 1.82) is 10.5 Å². The van der Waals surface area contributed by atoms with Gasteiger partial charge in [0.1, 0.15) is 5.82 Å². The zero-order valence-electron chi connectivity index (χ0n) is 14.2. The highest BCUT2D eigenvalue weighted by molar-refractivity contribution is 5.58. The molecule has 1 heterocycles. The molecule has 1 aromatic carbocycles. The zero-order valence-corrected chi connectivity index (χ0v) is 14.2. The Morgan fingerprint density at radius 2 is 2.04 bits per heavy atom. The van der Waals surface area contributed by atoms with Crippen molar-refractivity contribution >= 4 is 17.5 Å². The van der Waals surface area contributed by atoms with Gasteiger partial charge in [0.15, 0.2) is 0 Å². The van der Waals surface area contributed by atoms with E-state index in [9.17, 15) is 5.26 Å². The number of aromatic nitrogens is 2. The second-order valence-corrected chi connectivity index (χ2v) is 6.31. The molecule has 1 aliphatic rings. The highest BCUT2D eigenvalue weighted by atomic mass is 15.1. The van der Waals surface area contributed by atoms with Gasteiger partial charge in [0, 0.05) is 23.5 Å². The molecule has 1 aromatic heterocycles. The fourth-order valence-electron chi connectivity index (χ4n) is 3.08. The maximum Gasteiger partial charge on any atom is 0.229 e. The molecule has 126 valence electrons. The summed E-state index contributed by atoms with van der Waals surface area (Å²) in [6.07, 6.45) is 5.92. The third kappa shape index (κ3) is 4.05. The molecule has 0 radical (unpaired) electrons. The Bertz CT molecular complexity index is 833. The molecule has 0 aliphatic heterocycles. The minimum Gasteiger partial charge on any atom is -0.366 e. The molecule has 0 amide bonds. The number of aryl methyl sites for hydroxylation is 1. The number of nitrogens with zero attached hydrogens (tertiary/aromatic N) is 4. The number of anilines is 3. The molecule has 25 heavy (non-hydrogen) atoms. The molecular formula is C19H20N6. The number of benzene rings is 1. The van der Waals surface area contributed by atoms with Crippen LogP contribution in [0.25, 0.3) is 0 Å². The van der Waals surface area contributed by atoms with Gasteiger partial charge in [-0.25, -0.2) is 4.98 Å². The lowest BCUT2D eigenvalue weighted by atomic mass is 9.85. The maximum absolute atomic E-state index is 9.35. The molecule has 0 unspecified atom stereocenters. The summed E-state index contributed by atoms with van der Waals surface area (Å²) in [5.74, 6) is 1.24. The summed E-state index contributed by atoms with van der Waals surface area (Å²) in [6, 6.07) is 11.8. The van der Waals surface area contributed by atoms with E-state index < -0.39 is 0 Å². The van der Waals surface area contributed by atoms with E-state index in [4.69, 9.17) is 5.26 Å². The number of nitriles is 2. The second-order valence-electron chi connectivity index (χ2n) is 6.31. The molecule has 1 aliphatic carbocycles. The van der Waals surface area contributed by atoms with Crippen molar-refractivity contribution in [1.82, 2.24) is 9.97 Å². The third-order valence-corrected chi connectivity index (χ3v) is 4.47. The number of hydrogen-bond donors (Lipinski definition) is 2. The molecule has 1 fully saturated rings. The summed E-state index contributed by atoms with van der Waals surface area (Å²) in [5, 5.41) is 24.9. The lowest BCUT2D eigenvalue weighted by molar-refractivity contribution is 0.388. The Labute approximate surface area is 147 Å². The van der Waals surface area contributed by atoms with Gasteiger partial charge in [-0.1, -0.05) is 18.9 Å². The standard InChI is InChI=1S/C19H20N6/c1-13-12-22-19(23-16-7-4-5-14(9-16)10-20)25-18(13)24-17-8-3-2-6-15(17)11-21/h4-5,7,9,12,15,17H,2-3,6,8H2,1H3,(H2,22,23,24,25)/t15-,17+/m0/s1. The quantitative estimate of drug-likeness (QED) is 0.881. The van der Waals surface area contributed by atoms with Gasteiger partial charge in [0.25, 0.3) is 0 Å². The molecule has 1 saturated carbocycles. The van der Waals surface area contributed by atoms with Crippen LogP contribution >= 0.6 is 0 Å². The SMILES string of the molecule is Cc1cnc(Nc2cccc(C#N)c2)nc1N[C@@H]1CCCC[C@H]1C#N. The smallest absolute Gasteiger partial charge is 0.229 e. The first-order valence-electron chi connectivity index (χ1n) is 8.46. The largest absolute Gasteiger partial charge is 0.366 e. The summed E-state index contributed by atoms with van der Waals surface area (Å²) in [7, 11) is 0. The zero-order chi connectivity index (χ0) is 17.6. The van der Waals surface area contributed by atoms with Gasteiger partial charge in [-0.2, -0.15) is 15.5 Å². The number of rotatable bonds is 4. The Kier molecular flexibility index (Phi) is 5.11. The van der Waals surface area contributed by atoms with Crippen LogP contribution in [0.15, 0.2) is 30.5 Å². The van der Waals surface area contributed by atoms with Crippen molar-refractivity contribution in [3.63, 3.8) is 0 Å². The van der Waals surface area contributed by atoms with E-state index in [1.807, 2.05) is 19.1 Å². The fraction of sp³-hybridized carbons (Fsp3) is 0.368. The van der Waals surface area contributed by atoms with Crippen molar-refractivity contribution in [2.24, 2.45) is 5.92 Å². The molecule has 2 aromatic rings. The summed E-state index contributed by atoms with van der Waals surface area (Å²) in [5.41, 5.74) is 2.29. The molecule has 6 heteroatoms. The first-order chi connectivity index (χ1) is 12.2. The molecular weight excluding hydrogens is 312 g/mol. The van der Waals surface area contributed by atoms with Gasteiger partial charge in [0.05, 0.1) is 23.6 Å². The van der Waals surface area contributed by atoms with Crippen molar-refractivity contribution in [2.45, 2.75) is 38.6 Å². The van der Waals surface area contributed by atoms with E-state index in [1.54, 1.807) is 18.3 Å². The van der Waals surface area contributed by atoms with Crippen LogP contribution in [0.3, 0.4) is 0 Å². The normalized spacial score (nSPS) is 19.5. The molecule has 6 nitrogen and oxygen atoms in total. The van der Waals surface area contributed by atoms with E-state index in [-0.39, 0.29) is 12.0 Å². The van der Waals surface area contributed by atoms with Crippen molar-refractivity contribution in [3.8, 4) is 12.1 Å². The predicted molar refractivity (Wildman–Crippen MR) is 96.2 cm³/mol. The van der Waals surface area contributed by atoms with Crippen LogP contribution in [-0.2, 0) is 0 Å². The van der Waals surface area contributed by atoms with Gasteiger partial charge in [-0.05, 0) is 38.0 Å². The van der Waals surface area contributed by atoms with E-state index in [0.29, 0.717) is 11.5 Å². The number of hydrogen-bond acceptors (Lipinski definition) is 6. The van der Waals surface area contributed by atoms with Crippen molar-refractivity contribution in [3.05, 3.63) is 41.6 Å². The van der Waals surface area contributed by atoms with Crippen LogP contribution in [0.2, 0.25) is 0 Å². The van der Waals surface area contributed by atoms with E-state index in [0.717, 1.165) is 42.8 Å². The molecule has 0 bridgehead atoms. The highest BCUT2D eigenvalue weighted by Gasteiger charge is 2.25. The highest BCUT2D eigenvalue weighted by Crippen LogP contribution is 2.27. The minimum atomic E-state index is 0.0202. The van der Waals surface area contributed by atoms with Gasteiger partial charge < -0.3 is 10.6 Å². The predicted octanol–water partition coefficient (Wildman–Crippen LogP) is 3.89. The van der Waals surface area contributed by atoms with Crippen molar-refractivity contribution < 1.29 is 0 Å². The molecule has 0 saturated heterocycles. The van der Waals surface area contributed by atoms with Crippen LogP contribution in [0.1, 0.15) is 36.8 Å². The Hall–Kier alpha value is -3.12. The van der Waals surface area contributed by atoms with Gasteiger partial charge in [0.2, 0.25) is 5.95 Å². The number of nitrogens with one attached hydrogen (secondary N) is 2. The summed E-state index contributed by atoms with van der Waals surface area (Å²) in [6.45, 7) is 1.95. The Morgan fingerprint density at radius 1 is 1.20 bits per heavy atom. The molecule has 2 N–H and O–H groups in total. The van der Waals surface area contributed by atoms with Crippen molar-refractivity contribution in [2.75, 3.05) is 10.6 Å². The van der Waals surface area contributed by atoms with Gasteiger partial charge in [-0.15, -0.1) is 0 Å². The van der Waals surface area contributed by atoms with E-state index in [1.165, 1.54) is 0 Å². The van der Waals surface area contributed by atoms with Crippen LogP contribution in [0.4, 0.5) is 17.5 Å². The summed E-state index contributed by atoms with van der Waals surface area (Å²) < 4.78 is 0. The monoisotopic (exact) mass is 332 g/mol. The first-order valence-corrected chi connectivity index (χ1v) is 8.46. The van der Waals surface area contributed by atoms with E-state index in [2.05, 4.69) is 32.7 Å². The summed E-state index contributed by atoms with van der Waals surface area (Å²) in [4.78, 5) is 8.87. The summed E-state index contributed by atoms with van der Waals surface area (Å²) >= 11 is 0. The van der Waals surface area contributed by atoms with Crippen LogP contribution in [0.5, 0.6) is 0 Å². The average Bonchev–Trinajstić information content (AvgIpc) is 2.65. The van der Waals surface area contributed by atoms with Gasteiger partial charge in [-0.3, -0.25) is 0 Å². The fourth-order valence-corrected chi connectivity index (χ4v) is 3.08.